The molecule has 0 saturated heterocycles. The van der Waals surface area contributed by atoms with Crippen LogP contribution in [0.25, 0.3) is 0 Å². The van der Waals surface area contributed by atoms with E-state index in [0.717, 1.165) is 12.8 Å². The topological polar surface area (TPSA) is 84.3 Å². The highest BCUT2D eigenvalue weighted by Gasteiger charge is 2.23. The summed E-state index contributed by atoms with van der Waals surface area (Å²) in [4.78, 5) is 22.6. The molecule has 1 aliphatic carbocycles. The fourth-order valence-electron chi connectivity index (χ4n) is 2.22. The van der Waals surface area contributed by atoms with E-state index >= 15 is 0 Å². The standard InChI is InChI=1S/C14H19N3O3/c1-2-15-11-6-7-13(17(19)20)12(8-11)14(18)16-9-10-4-3-5-10/h6-8,10,15H,2-5,9H2,1H3,(H,16,18). The minimum atomic E-state index is -0.520. The van der Waals surface area contributed by atoms with Gasteiger partial charge in [-0.15, -0.1) is 0 Å². The maximum Gasteiger partial charge on any atom is 0.282 e. The molecule has 2 rings (SSSR count). The van der Waals surface area contributed by atoms with E-state index < -0.39 is 4.92 Å². The molecule has 1 aromatic rings. The Bertz CT molecular complexity index is 512. The van der Waals surface area contributed by atoms with Crippen molar-refractivity contribution in [1.29, 1.82) is 0 Å². The van der Waals surface area contributed by atoms with E-state index in [4.69, 9.17) is 0 Å². The molecule has 108 valence electrons. The Morgan fingerprint density at radius 1 is 1.45 bits per heavy atom. The second-order valence-corrected chi connectivity index (χ2v) is 5.03. The first-order valence-electron chi connectivity index (χ1n) is 6.92. The van der Waals surface area contributed by atoms with E-state index in [1.54, 1.807) is 6.07 Å². The number of amides is 1. The molecule has 0 spiro atoms. The predicted molar refractivity (Wildman–Crippen MR) is 76.9 cm³/mol. The van der Waals surface area contributed by atoms with E-state index in [9.17, 15) is 14.9 Å². The van der Waals surface area contributed by atoms with Gasteiger partial charge in [-0.05, 0) is 37.8 Å². The number of nitrogens with zero attached hydrogens (tertiary/aromatic N) is 1. The molecule has 0 atom stereocenters. The van der Waals surface area contributed by atoms with Crippen LogP contribution < -0.4 is 10.6 Å². The molecule has 6 heteroatoms. The number of hydrogen-bond donors (Lipinski definition) is 2. The van der Waals surface area contributed by atoms with Crippen molar-refractivity contribution in [2.24, 2.45) is 5.92 Å². The number of nitrogens with one attached hydrogen (secondary N) is 2. The van der Waals surface area contributed by atoms with Crippen molar-refractivity contribution in [3.63, 3.8) is 0 Å². The number of nitro groups is 1. The molecule has 0 unspecified atom stereocenters. The maximum atomic E-state index is 12.1. The lowest BCUT2D eigenvalue weighted by Crippen LogP contribution is -2.32. The van der Waals surface area contributed by atoms with Crippen molar-refractivity contribution in [3.8, 4) is 0 Å². The normalized spacial score (nSPS) is 14.4. The van der Waals surface area contributed by atoms with Crippen molar-refractivity contribution in [2.45, 2.75) is 26.2 Å². The van der Waals surface area contributed by atoms with Crippen molar-refractivity contribution in [2.75, 3.05) is 18.4 Å². The van der Waals surface area contributed by atoms with Crippen LogP contribution >= 0.6 is 0 Å². The van der Waals surface area contributed by atoms with Gasteiger partial charge in [0.25, 0.3) is 11.6 Å². The summed E-state index contributed by atoms with van der Waals surface area (Å²) in [6.07, 6.45) is 3.45. The lowest BCUT2D eigenvalue weighted by molar-refractivity contribution is -0.385. The number of rotatable bonds is 6. The smallest absolute Gasteiger partial charge is 0.282 e. The first-order chi connectivity index (χ1) is 9.61. The summed E-state index contributed by atoms with van der Waals surface area (Å²) in [5, 5.41) is 16.9. The van der Waals surface area contributed by atoms with Crippen LogP contribution in [0.2, 0.25) is 0 Å². The van der Waals surface area contributed by atoms with Crippen LogP contribution in [0, 0.1) is 16.0 Å². The molecule has 20 heavy (non-hydrogen) atoms. The summed E-state index contributed by atoms with van der Waals surface area (Å²) in [7, 11) is 0. The average molecular weight is 277 g/mol. The van der Waals surface area contributed by atoms with Gasteiger partial charge in [0.2, 0.25) is 0 Å². The van der Waals surface area contributed by atoms with E-state index in [2.05, 4.69) is 10.6 Å². The third-order valence-electron chi connectivity index (χ3n) is 3.59. The highest BCUT2D eigenvalue weighted by Crippen LogP contribution is 2.26. The van der Waals surface area contributed by atoms with Crippen molar-refractivity contribution in [3.05, 3.63) is 33.9 Å². The molecule has 0 radical (unpaired) electrons. The van der Waals surface area contributed by atoms with E-state index in [1.807, 2.05) is 6.92 Å². The van der Waals surface area contributed by atoms with Gasteiger partial charge in [0.15, 0.2) is 0 Å². The zero-order chi connectivity index (χ0) is 14.5. The highest BCUT2D eigenvalue weighted by molar-refractivity contribution is 5.99. The zero-order valence-electron chi connectivity index (χ0n) is 11.5. The van der Waals surface area contributed by atoms with Crippen LogP contribution in [0.3, 0.4) is 0 Å². The van der Waals surface area contributed by atoms with Gasteiger partial charge in [-0.25, -0.2) is 0 Å². The van der Waals surface area contributed by atoms with Gasteiger partial charge in [0.05, 0.1) is 4.92 Å². The largest absolute Gasteiger partial charge is 0.385 e. The van der Waals surface area contributed by atoms with E-state index in [0.29, 0.717) is 24.7 Å². The highest BCUT2D eigenvalue weighted by atomic mass is 16.6. The third kappa shape index (κ3) is 3.26. The summed E-state index contributed by atoms with van der Waals surface area (Å²) in [5.74, 6) is 0.151. The molecular weight excluding hydrogens is 258 g/mol. The van der Waals surface area contributed by atoms with Gasteiger partial charge >= 0.3 is 0 Å². The van der Waals surface area contributed by atoms with Crippen molar-refractivity contribution in [1.82, 2.24) is 5.32 Å². The summed E-state index contributed by atoms with van der Waals surface area (Å²) < 4.78 is 0. The Hall–Kier alpha value is -2.11. The minimum Gasteiger partial charge on any atom is -0.385 e. The Kier molecular flexibility index (Phi) is 4.55. The van der Waals surface area contributed by atoms with Gasteiger partial charge in [-0.1, -0.05) is 6.42 Å². The molecule has 1 saturated carbocycles. The van der Waals surface area contributed by atoms with Gasteiger partial charge in [0, 0.05) is 24.8 Å². The number of benzene rings is 1. The molecule has 6 nitrogen and oxygen atoms in total. The molecule has 2 N–H and O–H groups in total. The van der Waals surface area contributed by atoms with Gasteiger partial charge in [-0.2, -0.15) is 0 Å². The van der Waals surface area contributed by atoms with Crippen LogP contribution in [0.1, 0.15) is 36.5 Å². The first-order valence-corrected chi connectivity index (χ1v) is 6.92. The third-order valence-corrected chi connectivity index (χ3v) is 3.59. The molecule has 1 aliphatic rings. The summed E-state index contributed by atoms with van der Waals surface area (Å²) in [6.45, 7) is 3.22. The molecule has 0 aromatic heterocycles. The van der Waals surface area contributed by atoms with Gasteiger partial charge < -0.3 is 10.6 Å². The van der Waals surface area contributed by atoms with Crippen LogP contribution in [-0.4, -0.2) is 23.9 Å². The Balaban J connectivity index is 2.14. The monoisotopic (exact) mass is 277 g/mol. The Morgan fingerprint density at radius 3 is 2.75 bits per heavy atom. The number of carbonyl (C=O) groups is 1. The van der Waals surface area contributed by atoms with Crippen LogP contribution in [0.4, 0.5) is 11.4 Å². The number of carbonyl (C=O) groups excluding carboxylic acids is 1. The molecule has 0 aliphatic heterocycles. The van der Waals surface area contributed by atoms with Gasteiger partial charge in [0.1, 0.15) is 5.56 Å². The Labute approximate surface area is 117 Å². The number of anilines is 1. The summed E-state index contributed by atoms with van der Waals surface area (Å²) in [6, 6.07) is 4.53. The van der Waals surface area contributed by atoms with Crippen molar-refractivity contribution < 1.29 is 9.72 Å². The van der Waals surface area contributed by atoms with Crippen LogP contribution in [-0.2, 0) is 0 Å². The fraction of sp³-hybridized carbons (Fsp3) is 0.500. The molecule has 1 fully saturated rings. The van der Waals surface area contributed by atoms with E-state index in [1.165, 1.54) is 18.6 Å². The Morgan fingerprint density at radius 2 is 2.20 bits per heavy atom. The quantitative estimate of drug-likeness (QED) is 0.618. The lowest BCUT2D eigenvalue weighted by atomic mass is 9.85. The first kappa shape index (κ1) is 14.3. The predicted octanol–water partition coefficient (Wildman–Crippen LogP) is 2.56. The number of hydrogen-bond acceptors (Lipinski definition) is 4. The number of nitro benzene ring substituents is 1. The van der Waals surface area contributed by atoms with Crippen LogP contribution in [0.5, 0.6) is 0 Å². The second kappa shape index (κ2) is 6.36. The molecule has 1 aromatic carbocycles. The minimum absolute atomic E-state index is 0.118. The molecular formula is C14H19N3O3. The molecule has 0 heterocycles. The molecule has 0 bridgehead atoms. The second-order valence-electron chi connectivity index (χ2n) is 5.03. The van der Waals surface area contributed by atoms with Crippen molar-refractivity contribution >= 4 is 17.3 Å². The van der Waals surface area contributed by atoms with Gasteiger partial charge in [-0.3, -0.25) is 14.9 Å². The average Bonchev–Trinajstić information content (AvgIpc) is 2.36. The van der Waals surface area contributed by atoms with E-state index in [-0.39, 0.29) is 17.2 Å². The van der Waals surface area contributed by atoms with Crippen LogP contribution in [0.15, 0.2) is 18.2 Å². The maximum absolute atomic E-state index is 12.1. The zero-order valence-corrected chi connectivity index (χ0v) is 11.5. The fourth-order valence-corrected chi connectivity index (χ4v) is 2.22. The summed E-state index contributed by atoms with van der Waals surface area (Å²) >= 11 is 0. The lowest BCUT2D eigenvalue weighted by Gasteiger charge is -2.25. The summed E-state index contributed by atoms with van der Waals surface area (Å²) in [5.41, 5.74) is 0.678. The SMILES string of the molecule is CCNc1ccc([N+](=O)[O-])c(C(=O)NCC2CCC2)c1. The molecule has 1 amide bonds.